The lowest BCUT2D eigenvalue weighted by molar-refractivity contribution is -0.154. The predicted octanol–water partition coefficient (Wildman–Crippen LogP) is 3.28. The van der Waals surface area contributed by atoms with Crippen LogP contribution in [0, 0.1) is 28.6 Å². The quantitative estimate of drug-likeness (QED) is 0.778. The molecule has 1 aliphatic heterocycles. The van der Waals surface area contributed by atoms with Crippen LogP contribution in [0.1, 0.15) is 32.8 Å². The van der Waals surface area contributed by atoms with Crippen molar-refractivity contribution in [2.24, 2.45) is 17.3 Å². The van der Waals surface area contributed by atoms with E-state index in [9.17, 15) is 10.1 Å². The number of hydrogen-bond acceptors (Lipinski definition) is 4. The van der Waals surface area contributed by atoms with Crippen molar-refractivity contribution in [3.8, 4) is 6.07 Å². The molecule has 4 heteroatoms. The second-order valence-electron chi connectivity index (χ2n) is 7.10. The molecular formula is C20H28N2O2. The number of hydrogen-bond donors (Lipinski definition) is 0. The molecule has 0 radical (unpaired) electrons. The highest BCUT2D eigenvalue weighted by Crippen LogP contribution is 2.47. The summed E-state index contributed by atoms with van der Waals surface area (Å²) >= 11 is 0. The van der Waals surface area contributed by atoms with Gasteiger partial charge in [0.15, 0.2) is 0 Å². The number of nitrogens with zero attached hydrogens (tertiary/aromatic N) is 2. The molecule has 0 saturated carbocycles. The molecular weight excluding hydrogens is 300 g/mol. The van der Waals surface area contributed by atoms with E-state index < -0.39 is 11.3 Å². The first kappa shape index (κ1) is 18.5. The predicted molar refractivity (Wildman–Crippen MR) is 94.2 cm³/mol. The SMILES string of the molecule is CCOC(=O)[C@H](C#N)[C@]1(Cc2ccccc2)C[C@@H](C)N(C)C[C@H]1C. The Morgan fingerprint density at radius 1 is 1.42 bits per heavy atom. The Morgan fingerprint density at radius 2 is 2.08 bits per heavy atom. The Balaban J connectivity index is 2.44. The highest BCUT2D eigenvalue weighted by atomic mass is 16.5. The number of carbonyl (C=O) groups excluding carboxylic acids is 1. The first-order valence-electron chi connectivity index (χ1n) is 8.75. The van der Waals surface area contributed by atoms with Gasteiger partial charge < -0.3 is 9.64 Å². The third kappa shape index (κ3) is 3.62. The molecule has 4 atom stereocenters. The molecule has 2 rings (SSSR count). The topological polar surface area (TPSA) is 53.3 Å². The minimum Gasteiger partial charge on any atom is -0.465 e. The van der Waals surface area contributed by atoms with E-state index in [1.807, 2.05) is 18.2 Å². The fourth-order valence-electron chi connectivity index (χ4n) is 4.07. The Bertz CT molecular complexity index is 595. The molecule has 130 valence electrons. The summed E-state index contributed by atoms with van der Waals surface area (Å²) in [5, 5.41) is 9.82. The van der Waals surface area contributed by atoms with Crippen LogP contribution in [-0.2, 0) is 16.0 Å². The van der Waals surface area contributed by atoms with Crippen LogP contribution in [0.4, 0.5) is 0 Å². The summed E-state index contributed by atoms with van der Waals surface area (Å²) in [5.41, 5.74) is 0.777. The van der Waals surface area contributed by atoms with Crippen molar-refractivity contribution in [2.45, 2.75) is 39.7 Å². The summed E-state index contributed by atoms with van der Waals surface area (Å²) in [5.74, 6) is -0.878. The van der Waals surface area contributed by atoms with Gasteiger partial charge in [-0.1, -0.05) is 37.3 Å². The molecule has 1 aromatic rings. The molecule has 0 amide bonds. The highest BCUT2D eigenvalue weighted by molar-refractivity contribution is 5.76. The average Bonchev–Trinajstić information content (AvgIpc) is 2.55. The van der Waals surface area contributed by atoms with Gasteiger partial charge >= 0.3 is 5.97 Å². The molecule has 0 bridgehead atoms. The Labute approximate surface area is 145 Å². The van der Waals surface area contributed by atoms with E-state index in [0.29, 0.717) is 12.6 Å². The van der Waals surface area contributed by atoms with E-state index in [2.05, 4.69) is 44.0 Å². The average molecular weight is 328 g/mol. The lowest BCUT2D eigenvalue weighted by Gasteiger charge is -2.50. The number of piperidine rings is 1. The first-order valence-corrected chi connectivity index (χ1v) is 8.75. The first-order chi connectivity index (χ1) is 11.4. The molecule has 24 heavy (non-hydrogen) atoms. The highest BCUT2D eigenvalue weighted by Gasteiger charge is 2.51. The molecule has 0 spiro atoms. The molecule has 1 heterocycles. The van der Waals surface area contributed by atoms with Gasteiger partial charge in [0, 0.05) is 18.0 Å². The number of ether oxygens (including phenoxy) is 1. The minimum atomic E-state index is -0.733. The van der Waals surface area contributed by atoms with E-state index in [1.165, 1.54) is 5.56 Å². The van der Waals surface area contributed by atoms with Gasteiger partial charge in [0.05, 0.1) is 12.7 Å². The zero-order valence-corrected chi connectivity index (χ0v) is 15.2. The number of rotatable bonds is 5. The van der Waals surface area contributed by atoms with Crippen LogP contribution in [-0.4, -0.2) is 37.1 Å². The summed E-state index contributed by atoms with van der Waals surface area (Å²) in [6, 6.07) is 12.8. The van der Waals surface area contributed by atoms with Gasteiger partial charge in [0.1, 0.15) is 5.92 Å². The van der Waals surface area contributed by atoms with Crippen molar-refractivity contribution >= 4 is 5.97 Å². The van der Waals surface area contributed by atoms with Crippen LogP contribution in [0.3, 0.4) is 0 Å². The van der Waals surface area contributed by atoms with Gasteiger partial charge in [-0.3, -0.25) is 4.79 Å². The summed E-state index contributed by atoms with van der Waals surface area (Å²) in [6.45, 7) is 7.31. The number of benzene rings is 1. The maximum absolute atomic E-state index is 12.5. The van der Waals surface area contributed by atoms with Crippen molar-refractivity contribution in [3.63, 3.8) is 0 Å². The van der Waals surface area contributed by atoms with Crippen molar-refractivity contribution in [1.29, 1.82) is 5.26 Å². The summed E-state index contributed by atoms with van der Waals surface area (Å²) < 4.78 is 5.25. The molecule has 0 N–H and O–H groups in total. The van der Waals surface area contributed by atoms with Gasteiger partial charge in [0.25, 0.3) is 0 Å². The Hall–Kier alpha value is -1.86. The van der Waals surface area contributed by atoms with Crippen LogP contribution in [0.25, 0.3) is 0 Å². The van der Waals surface area contributed by atoms with Gasteiger partial charge in [0.2, 0.25) is 0 Å². The summed E-state index contributed by atoms with van der Waals surface area (Å²) in [6.07, 6.45) is 1.54. The van der Waals surface area contributed by atoms with Crippen LogP contribution in [0.2, 0.25) is 0 Å². The van der Waals surface area contributed by atoms with E-state index in [0.717, 1.165) is 19.4 Å². The van der Waals surface area contributed by atoms with Crippen LogP contribution < -0.4 is 0 Å². The molecule has 0 aromatic heterocycles. The van der Waals surface area contributed by atoms with Crippen molar-refractivity contribution < 1.29 is 9.53 Å². The fourth-order valence-corrected chi connectivity index (χ4v) is 4.07. The standard InChI is InChI=1S/C20H28N2O2/c1-5-24-19(23)18(13-21)20(12-17-9-7-6-8-10-17)11-16(3)22(4)14-15(20)2/h6-10,15-16,18H,5,11-12,14H2,1-4H3/t15-,16-,18+,20+/m1/s1. The van der Waals surface area contributed by atoms with Crippen LogP contribution >= 0.6 is 0 Å². The van der Waals surface area contributed by atoms with Crippen molar-refractivity contribution in [1.82, 2.24) is 4.90 Å². The zero-order valence-electron chi connectivity index (χ0n) is 15.2. The molecule has 0 unspecified atom stereocenters. The van der Waals surface area contributed by atoms with E-state index in [-0.39, 0.29) is 11.9 Å². The Kier molecular flexibility index (Phi) is 6.01. The monoisotopic (exact) mass is 328 g/mol. The summed E-state index contributed by atoms with van der Waals surface area (Å²) in [7, 11) is 2.11. The Morgan fingerprint density at radius 3 is 2.67 bits per heavy atom. The van der Waals surface area contributed by atoms with Gasteiger partial charge in [-0.25, -0.2) is 0 Å². The number of carbonyl (C=O) groups is 1. The van der Waals surface area contributed by atoms with E-state index >= 15 is 0 Å². The number of likely N-dealkylation sites (tertiary alicyclic amines) is 1. The second kappa shape index (κ2) is 7.81. The van der Waals surface area contributed by atoms with E-state index in [1.54, 1.807) is 6.92 Å². The van der Waals surface area contributed by atoms with Crippen LogP contribution in [0.5, 0.6) is 0 Å². The van der Waals surface area contributed by atoms with Crippen molar-refractivity contribution in [2.75, 3.05) is 20.2 Å². The number of esters is 1. The number of nitriles is 1. The van der Waals surface area contributed by atoms with Gasteiger partial charge in [-0.15, -0.1) is 0 Å². The largest absolute Gasteiger partial charge is 0.465 e. The minimum absolute atomic E-state index is 0.230. The normalized spacial score (nSPS) is 28.8. The van der Waals surface area contributed by atoms with Gasteiger partial charge in [-0.2, -0.15) is 5.26 Å². The fraction of sp³-hybridized carbons (Fsp3) is 0.600. The lowest BCUT2D eigenvalue weighted by Crippen LogP contribution is -2.55. The maximum Gasteiger partial charge on any atom is 0.323 e. The smallest absolute Gasteiger partial charge is 0.323 e. The molecule has 4 nitrogen and oxygen atoms in total. The molecule has 1 fully saturated rings. The van der Waals surface area contributed by atoms with E-state index in [4.69, 9.17) is 4.74 Å². The summed E-state index contributed by atoms with van der Waals surface area (Å²) in [4.78, 5) is 14.9. The molecule has 1 aliphatic rings. The zero-order chi connectivity index (χ0) is 17.7. The third-order valence-electron chi connectivity index (χ3n) is 5.57. The third-order valence-corrected chi connectivity index (χ3v) is 5.57. The molecule has 1 aromatic carbocycles. The molecule has 0 aliphatic carbocycles. The molecule has 1 saturated heterocycles. The van der Waals surface area contributed by atoms with Crippen molar-refractivity contribution in [3.05, 3.63) is 35.9 Å². The lowest BCUT2D eigenvalue weighted by atomic mass is 9.59. The second-order valence-corrected chi connectivity index (χ2v) is 7.10. The maximum atomic E-state index is 12.5. The van der Waals surface area contributed by atoms with Crippen LogP contribution in [0.15, 0.2) is 30.3 Å². The van der Waals surface area contributed by atoms with Gasteiger partial charge in [-0.05, 0) is 45.2 Å².